The number of unbranched alkanes of at least 4 members (excludes halogenated alkanes) is 2. The molecule has 156 valence electrons. The summed E-state index contributed by atoms with van der Waals surface area (Å²) in [5.74, 6) is 0.745. The van der Waals surface area contributed by atoms with Crippen LogP contribution in [0.2, 0.25) is 6.04 Å². The predicted octanol–water partition coefficient (Wildman–Crippen LogP) is 6.27. The Labute approximate surface area is 164 Å². The van der Waals surface area contributed by atoms with Crippen LogP contribution in [0.5, 0.6) is 0 Å². The van der Waals surface area contributed by atoms with Crippen LogP contribution in [0.15, 0.2) is 4.99 Å². The van der Waals surface area contributed by atoms with E-state index in [1.807, 2.05) is 20.8 Å². The molecule has 0 rings (SSSR count). The average molecular weight is 388 g/mol. The topological polar surface area (TPSA) is 40.0 Å². The van der Waals surface area contributed by atoms with Gasteiger partial charge in [-0.3, -0.25) is 4.99 Å². The molecule has 0 heterocycles. The Bertz CT molecular complexity index is 333. The van der Waals surface area contributed by atoms with Crippen molar-refractivity contribution in [3.05, 3.63) is 0 Å². The minimum absolute atomic E-state index is 0.645. The fourth-order valence-corrected chi connectivity index (χ4v) is 5.81. The fraction of sp³-hybridized carbons (Fsp3) is 0.952. The maximum absolute atomic E-state index is 5.94. The van der Waals surface area contributed by atoms with Crippen molar-refractivity contribution in [2.75, 3.05) is 26.4 Å². The summed E-state index contributed by atoms with van der Waals surface area (Å²) in [6, 6.07) is 0.860. The highest BCUT2D eigenvalue weighted by Gasteiger charge is 2.39. The lowest BCUT2D eigenvalue weighted by Gasteiger charge is -2.28. The molecule has 0 amide bonds. The van der Waals surface area contributed by atoms with Crippen LogP contribution in [0.25, 0.3) is 0 Å². The van der Waals surface area contributed by atoms with Crippen molar-refractivity contribution in [1.29, 1.82) is 0 Å². The molecule has 4 nitrogen and oxygen atoms in total. The van der Waals surface area contributed by atoms with E-state index < -0.39 is 8.80 Å². The summed E-state index contributed by atoms with van der Waals surface area (Å²) in [7, 11) is -2.51. The summed E-state index contributed by atoms with van der Waals surface area (Å²) in [6.07, 6.45) is 9.69. The van der Waals surface area contributed by atoms with Gasteiger partial charge in [0.1, 0.15) is 0 Å². The Kier molecular flexibility index (Phi) is 16.8. The van der Waals surface area contributed by atoms with Gasteiger partial charge in [-0.1, -0.05) is 46.5 Å². The van der Waals surface area contributed by atoms with Gasteiger partial charge in [0.25, 0.3) is 0 Å². The lowest BCUT2D eigenvalue weighted by Crippen LogP contribution is -2.46. The van der Waals surface area contributed by atoms with Gasteiger partial charge in [0.2, 0.25) is 0 Å². The van der Waals surface area contributed by atoms with Crippen LogP contribution >= 0.6 is 0 Å². The van der Waals surface area contributed by atoms with E-state index in [2.05, 4.69) is 20.8 Å². The number of hydrogen-bond donors (Lipinski definition) is 0. The van der Waals surface area contributed by atoms with E-state index in [9.17, 15) is 0 Å². The van der Waals surface area contributed by atoms with Crippen molar-refractivity contribution in [2.24, 2.45) is 10.9 Å². The monoisotopic (exact) mass is 387 g/mol. The zero-order chi connectivity index (χ0) is 19.7. The van der Waals surface area contributed by atoms with Crippen molar-refractivity contribution in [2.45, 2.75) is 99.0 Å². The number of hydrogen-bond acceptors (Lipinski definition) is 4. The zero-order valence-electron chi connectivity index (χ0n) is 18.4. The Morgan fingerprint density at radius 1 is 0.846 bits per heavy atom. The first-order valence-corrected chi connectivity index (χ1v) is 12.9. The highest BCUT2D eigenvalue weighted by molar-refractivity contribution is 6.60. The van der Waals surface area contributed by atoms with E-state index in [1.165, 1.54) is 37.8 Å². The molecular formula is C21H45NO3Si. The van der Waals surface area contributed by atoms with Crippen LogP contribution in [0, 0.1) is 5.92 Å². The van der Waals surface area contributed by atoms with E-state index in [-0.39, 0.29) is 0 Å². The molecule has 0 saturated heterocycles. The molecule has 0 aliphatic heterocycles. The molecule has 0 bridgehead atoms. The minimum Gasteiger partial charge on any atom is -0.374 e. The summed E-state index contributed by atoms with van der Waals surface area (Å²) in [5, 5.41) is 0. The van der Waals surface area contributed by atoms with Crippen molar-refractivity contribution < 1.29 is 13.3 Å². The van der Waals surface area contributed by atoms with Crippen molar-refractivity contribution in [3.8, 4) is 0 Å². The molecule has 0 aromatic rings. The Hall–Kier alpha value is -0.233. The molecule has 26 heavy (non-hydrogen) atoms. The molecule has 1 atom stereocenters. The smallest absolute Gasteiger partial charge is 0.374 e. The molecule has 0 radical (unpaired) electrons. The van der Waals surface area contributed by atoms with Gasteiger partial charge in [0, 0.05) is 38.1 Å². The standard InChI is InChI=1S/C21H45NO3Si/c1-7-12-15-20(6)19-21(16-13-8-2)22-17-14-18-26(23-9-3,24-10-4)25-11-5/h20H,7-19H2,1-6H3/b22-21+. The van der Waals surface area contributed by atoms with Gasteiger partial charge in [-0.15, -0.1) is 0 Å². The molecule has 0 fully saturated rings. The van der Waals surface area contributed by atoms with E-state index in [4.69, 9.17) is 18.3 Å². The largest absolute Gasteiger partial charge is 0.500 e. The second-order valence-electron chi connectivity index (χ2n) is 7.09. The van der Waals surface area contributed by atoms with E-state index in [0.29, 0.717) is 19.8 Å². The van der Waals surface area contributed by atoms with Gasteiger partial charge in [-0.05, 0) is 52.4 Å². The maximum Gasteiger partial charge on any atom is 0.500 e. The molecule has 0 aromatic carbocycles. The van der Waals surface area contributed by atoms with Crippen molar-refractivity contribution in [3.63, 3.8) is 0 Å². The van der Waals surface area contributed by atoms with Gasteiger partial charge >= 0.3 is 8.80 Å². The second kappa shape index (κ2) is 16.9. The molecule has 1 unspecified atom stereocenters. The minimum atomic E-state index is -2.51. The lowest BCUT2D eigenvalue weighted by atomic mass is 9.95. The number of aliphatic imine (C=N–C) groups is 1. The first kappa shape index (κ1) is 25.8. The van der Waals surface area contributed by atoms with Crippen LogP contribution < -0.4 is 0 Å². The third-order valence-electron chi connectivity index (χ3n) is 4.52. The summed E-state index contributed by atoms with van der Waals surface area (Å²) >= 11 is 0. The maximum atomic E-state index is 5.94. The van der Waals surface area contributed by atoms with Crippen LogP contribution in [-0.2, 0) is 13.3 Å². The lowest BCUT2D eigenvalue weighted by molar-refractivity contribution is 0.0710. The number of rotatable bonds is 18. The quantitative estimate of drug-likeness (QED) is 0.158. The van der Waals surface area contributed by atoms with Gasteiger partial charge in [-0.2, -0.15) is 0 Å². The molecule has 5 heteroatoms. The first-order valence-electron chi connectivity index (χ1n) is 11.0. The molecule has 0 aliphatic rings. The highest BCUT2D eigenvalue weighted by atomic mass is 28.4. The Morgan fingerprint density at radius 2 is 1.42 bits per heavy atom. The summed E-state index contributed by atoms with van der Waals surface area (Å²) < 4.78 is 17.8. The second-order valence-corrected chi connectivity index (χ2v) is 9.82. The van der Waals surface area contributed by atoms with Crippen LogP contribution in [-0.4, -0.2) is 40.9 Å². The van der Waals surface area contributed by atoms with Crippen molar-refractivity contribution in [1.82, 2.24) is 0 Å². The van der Waals surface area contributed by atoms with Gasteiger partial charge in [0.05, 0.1) is 0 Å². The van der Waals surface area contributed by atoms with Crippen molar-refractivity contribution >= 4 is 14.5 Å². The Morgan fingerprint density at radius 3 is 1.92 bits per heavy atom. The molecule has 0 N–H and O–H groups in total. The zero-order valence-corrected chi connectivity index (χ0v) is 19.4. The normalized spacial score (nSPS) is 14.0. The summed E-state index contributed by atoms with van der Waals surface area (Å²) in [5.41, 5.74) is 1.41. The SMILES string of the molecule is CCCC/C(CC(C)CCCC)=N\CCC[Si](OCC)(OCC)OCC. The highest BCUT2D eigenvalue weighted by Crippen LogP contribution is 2.19. The predicted molar refractivity (Wildman–Crippen MR) is 115 cm³/mol. The van der Waals surface area contributed by atoms with Crippen LogP contribution in [0.3, 0.4) is 0 Å². The molecule has 0 aliphatic carbocycles. The fourth-order valence-electron chi connectivity index (χ4n) is 3.22. The van der Waals surface area contributed by atoms with Gasteiger partial charge in [-0.25, -0.2) is 0 Å². The van der Waals surface area contributed by atoms with E-state index in [0.717, 1.165) is 37.8 Å². The van der Waals surface area contributed by atoms with E-state index >= 15 is 0 Å². The van der Waals surface area contributed by atoms with Crippen LogP contribution in [0.4, 0.5) is 0 Å². The first-order chi connectivity index (χ1) is 12.6. The van der Waals surface area contributed by atoms with Gasteiger partial charge in [0.15, 0.2) is 0 Å². The molecule has 0 spiro atoms. The molecule has 0 saturated carbocycles. The summed E-state index contributed by atoms with van der Waals surface area (Å²) in [6.45, 7) is 15.7. The molecular weight excluding hydrogens is 342 g/mol. The number of nitrogens with zero attached hydrogens (tertiary/aromatic N) is 1. The Balaban J connectivity index is 4.64. The van der Waals surface area contributed by atoms with E-state index in [1.54, 1.807) is 0 Å². The third-order valence-corrected chi connectivity index (χ3v) is 7.67. The van der Waals surface area contributed by atoms with Crippen LogP contribution in [0.1, 0.15) is 92.9 Å². The molecule has 0 aromatic heterocycles. The van der Waals surface area contributed by atoms with Gasteiger partial charge < -0.3 is 13.3 Å². The summed E-state index contributed by atoms with van der Waals surface area (Å²) in [4.78, 5) is 4.96. The average Bonchev–Trinajstić information content (AvgIpc) is 2.62. The third kappa shape index (κ3) is 12.2.